The highest BCUT2D eigenvalue weighted by atomic mass is 16.5. The second kappa shape index (κ2) is 9.17. The van der Waals surface area contributed by atoms with Crippen molar-refractivity contribution in [2.75, 3.05) is 11.9 Å². The Labute approximate surface area is 164 Å². The molecule has 6 nitrogen and oxygen atoms in total. The van der Waals surface area contributed by atoms with Gasteiger partial charge in [0.25, 0.3) is 5.56 Å². The zero-order chi connectivity index (χ0) is 19.9. The second-order valence-electron chi connectivity index (χ2n) is 6.76. The van der Waals surface area contributed by atoms with E-state index in [1.54, 1.807) is 18.2 Å². The van der Waals surface area contributed by atoms with Crippen molar-refractivity contribution in [2.24, 2.45) is 0 Å². The highest BCUT2D eigenvalue weighted by molar-refractivity contribution is 5.91. The van der Waals surface area contributed by atoms with Crippen LogP contribution in [0.3, 0.4) is 0 Å². The predicted molar refractivity (Wildman–Crippen MR) is 111 cm³/mol. The summed E-state index contributed by atoms with van der Waals surface area (Å²) in [5.74, 6) is 1.19. The summed E-state index contributed by atoms with van der Waals surface area (Å²) in [6.07, 6.45) is 2.70. The number of amides is 1. The number of hydrogen-bond donors (Lipinski definition) is 2. The molecule has 0 radical (unpaired) electrons. The molecule has 6 heteroatoms. The van der Waals surface area contributed by atoms with E-state index in [4.69, 9.17) is 4.74 Å². The number of nitrogens with one attached hydrogen (secondary N) is 2. The molecule has 146 valence electrons. The average molecular weight is 379 g/mol. The van der Waals surface area contributed by atoms with Gasteiger partial charge in [0.1, 0.15) is 11.6 Å². The van der Waals surface area contributed by atoms with E-state index >= 15 is 0 Å². The molecule has 1 heterocycles. The third kappa shape index (κ3) is 4.97. The van der Waals surface area contributed by atoms with Gasteiger partial charge in [0, 0.05) is 18.5 Å². The molecular formula is C22H25N3O3. The fourth-order valence-corrected chi connectivity index (χ4v) is 2.90. The Morgan fingerprint density at radius 3 is 2.82 bits per heavy atom. The Morgan fingerprint density at radius 1 is 1.21 bits per heavy atom. The Bertz CT molecular complexity index is 1030. The van der Waals surface area contributed by atoms with E-state index in [9.17, 15) is 9.59 Å². The number of nitrogens with zero attached hydrogens (tertiary/aromatic N) is 1. The zero-order valence-electron chi connectivity index (χ0n) is 16.2. The van der Waals surface area contributed by atoms with E-state index < -0.39 is 0 Å². The minimum absolute atomic E-state index is 0.126. The van der Waals surface area contributed by atoms with Crippen LogP contribution in [0.25, 0.3) is 10.9 Å². The lowest BCUT2D eigenvalue weighted by molar-refractivity contribution is -0.116. The van der Waals surface area contributed by atoms with Crippen LogP contribution in [0.4, 0.5) is 5.69 Å². The summed E-state index contributed by atoms with van der Waals surface area (Å²) in [6, 6.07) is 12.8. The number of fused-ring (bicyclic) bond motifs is 1. The summed E-state index contributed by atoms with van der Waals surface area (Å²) in [5, 5.41) is 3.46. The maximum absolute atomic E-state index is 12.3. The van der Waals surface area contributed by atoms with Gasteiger partial charge >= 0.3 is 0 Å². The topological polar surface area (TPSA) is 84.1 Å². The average Bonchev–Trinajstić information content (AvgIpc) is 2.69. The molecule has 3 aromatic rings. The maximum Gasteiger partial charge on any atom is 0.258 e. The molecule has 0 saturated carbocycles. The van der Waals surface area contributed by atoms with Gasteiger partial charge in [-0.05, 0) is 49.2 Å². The first-order valence-corrected chi connectivity index (χ1v) is 9.58. The third-order valence-corrected chi connectivity index (χ3v) is 4.49. The third-order valence-electron chi connectivity index (χ3n) is 4.49. The number of aromatic nitrogens is 2. The summed E-state index contributed by atoms with van der Waals surface area (Å²) < 4.78 is 5.68. The number of H-pyrrole nitrogens is 1. The van der Waals surface area contributed by atoms with Crippen molar-refractivity contribution in [1.29, 1.82) is 0 Å². The number of aromatic amines is 1. The van der Waals surface area contributed by atoms with Crippen molar-refractivity contribution in [1.82, 2.24) is 9.97 Å². The first-order chi connectivity index (χ1) is 13.6. The molecule has 2 aromatic carbocycles. The quantitative estimate of drug-likeness (QED) is 0.580. The molecule has 2 N–H and O–H groups in total. The molecule has 0 fully saturated rings. The van der Waals surface area contributed by atoms with E-state index in [0.717, 1.165) is 29.8 Å². The number of benzene rings is 2. The molecular weight excluding hydrogens is 354 g/mol. The molecule has 0 saturated heterocycles. The van der Waals surface area contributed by atoms with Crippen molar-refractivity contribution in [3.05, 3.63) is 64.2 Å². The summed E-state index contributed by atoms with van der Waals surface area (Å²) in [7, 11) is 0. The number of unbranched alkanes of at least 4 members (excludes halogenated alkanes) is 1. The molecule has 0 aliphatic rings. The Kier molecular flexibility index (Phi) is 6.42. The van der Waals surface area contributed by atoms with Crippen LogP contribution < -0.4 is 15.6 Å². The van der Waals surface area contributed by atoms with E-state index in [1.807, 2.05) is 31.2 Å². The number of carbonyl (C=O) groups is 1. The van der Waals surface area contributed by atoms with Gasteiger partial charge in [0.2, 0.25) is 5.91 Å². The van der Waals surface area contributed by atoms with Crippen LogP contribution in [0.5, 0.6) is 5.75 Å². The Morgan fingerprint density at radius 2 is 2.04 bits per heavy atom. The minimum atomic E-state index is -0.185. The van der Waals surface area contributed by atoms with Gasteiger partial charge in [-0.1, -0.05) is 25.5 Å². The van der Waals surface area contributed by atoms with Crippen LogP contribution in [-0.2, 0) is 11.2 Å². The minimum Gasteiger partial charge on any atom is -0.494 e. The van der Waals surface area contributed by atoms with Crippen LogP contribution in [0.1, 0.15) is 37.6 Å². The summed E-state index contributed by atoms with van der Waals surface area (Å²) >= 11 is 0. The van der Waals surface area contributed by atoms with Crippen molar-refractivity contribution in [3.8, 4) is 5.75 Å². The summed E-state index contributed by atoms with van der Waals surface area (Å²) in [4.78, 5) is 31.6. The van der Waals surface area contributed by atoms with Crippen LogP contribution >= 0.6 is 0 Å². The molecule has 0 atom stereocenters. The molecule has 28 heavy (non-hydrogen) atoms. The Hall–Kier alpha value is -3.15. The van der Waals surface area contributed by atoms with Crippen molar-refractivity contribution in [3.63, 3.8) is 0 Å². The molecule has 0 aliphatic carbocycles. The first-order valence-electron chi connectivity index (χ1n) is 9.58. The largest absolute Gasteiger partial charge is 0.494 e. The van der Waals surface area contributed by atoms with Crippen LogP contribution in [-0.4, -0.2) is 22.5 Å². The van der Waals surface area contributed by atoms with Gasteiger partial charge in [0.05, 0.1) is 17.5 Å². The summed E-state index contributed by atoms with van der Waals surface area (Å²) in [5.41, 5.74) is 2.15. The van der Waals surface area contributed by atoms with E-state index in [-0.39, 0.29) is 17.9 Å². The van der Waals surface area contributed by atoms with Gasteiger partial charge in [-0.2, -0.15) is 0 Å². The highest BCUT2D eigenvalue weighted by Crippen LogP contribution is 2.22. The number of aryl methyl sites for hydroxylation is 2. The Balaban J connectivity index is 1.59. The van der Waals surface area contributed by atoms with Gasteiger partial charge in [0.15, 0.2) is 0 Å². The molecule has 1 amide bonds. The van der Waals surface area contributed by atoms with Crippen LogP contribution in [0.15, 0.2) is 47.3 Å². The SMILES string of the molecule is CCCCOc1ccc(NC(=O)CCc2nc3ccccc3c(=O)[nH]2)c(C)c1. The monoisotopic (exact) mass is 379 g/mol. The molecule has 0 aliphatic heterocycles. The number of anilines is 1. The molecule has 0 unspecified atom stereocenters. The lowest BCUT2D eigenvalue weighted by Gasteiger charge is -2.11. The van der Waals surface area contributed by atoms with Crippen LogP contribution in [0.2, 0.25) is 0 Å². The fourth-order valence-electron chi connectivity index (χ4n) is 2.90. The zero-order valence-corrected chi connectivity index (χ0v) is 16.2. The lowest BCUT2D eigenvalue weighted by Crippen LogP contribution is -2.16. The smallest absolute Gasteiger partial charge is 0.258 e. The van der Waals surface area contributed by atoms with Gasteiger partial charge in [-0.15, -0.1) is 0 Å². The van der Waals surface area contributed by atoms with Crippen molar-refractivity contribution in [2.45, 2.75) is 39.5 Å². The molecule has 0 spiro atoms. The van der Waals surface area contributed by atoms with Gasteiger partial charge < -0.3 is 15.0 Å². The number of carbonyl (C=O) groups excluding carboxylic acids is 1. The number of para-hydroxylation sites is 1. The van der Waals surface area contributed by atoms with Crippen molar-refractivity contribution < 1.29 is 9.53 Å². The van der Waals surface area contributed by atoms with E-state index in [2.05, 4.69) is 22.2 Å². The number of rotatable bonds is 8. The number of ether oxygens (including phenoxy) is 1. The van der Waals surface area contributed by atoms with Gasteiger partial charge in [-0.3, -0.25) is 9.59 Å². The molecule has 3 rings (SSSR count). The fraction of sp³-hybridized carbons (Fsp3) is 0.318. The molecule has 0 bridgehead atoms. The first kappa shape index (κ1) is 19.6. The van der Waals surface area contributed by atoms with Crippen LogP contribution in [0, 0.1) is 6.92 Å². The predicted octanol–water partition coefficient (Wildman–Crippen LogP) is 3.98. The highest BCUT2D eigenvalue weighted by Gasteiger charge is 2.09. The maximum atomic E-state index is 12.3. The van der Waals surface area contributed by atoms with E-state index in [0.29, 0.717) is 29.8 Å². The normalized spacial score (nSPS) is 10.8. The van der Waals surface area contributed by atoms with Gasteiger partial charge in [-0.25, -0.2) is 4.98 Å². The number of hydrogen-bond acceptors (Lipinski definition) is 4. The summed E-state index contributed by atoms with van der Waals surface area (Å²) in [6.45, 7) is 4.75. The van der Waals surface area contributed by atoms with Crippen molar-refractivity contribution >= 4 is 22.5 Å². The second-order valence-corrected chi connectivity index (χ2v) is 6.76. The molecule has 1 aromatic heterocycles. The van der Waals surface area contributed by atoms with E-state index in [1.165, 1.54) is 0 Å². The standard InChI is InChI=1S/C22H25N3O3/c1-3-4-13-28-16-9-10-18(15(2)14-16)24-21(26)12-11-20-23-19-8-6-5-7-17(19)22(27)25-20/h5-10,14H,3-4,11-13H2,1-2H3,(H,24,26)(H,23,25,27). The lowest BCUT2D eigenvalue weighted by atomic mass is 10.1.